The van der Waals surface area contributed by atoms with Crippen molar-refractivity contribution in [3.63, 3.8) is 0 Å². The van der Waals surface area contributed by atoms with E-state index in [0.29, 0.717) is 17.7 Å². The molecule has 0 N–H and O–H groups in total. The van der Waals surface area contributed by atoms with Crippen LogP contribution in [0, 0.1) is 0 Å². The van der Waals surface area contributed by atoms with Crippen LogP contribution >= 0.6 is 30.1 Å². The van der Waals surface area contributed by atoms with Gasteiger partial charge in [0.1, 0.15) is 0 Å². The van der Waals surface area contributed by atoms with Gasteiger partial charge in [-0.05, 0) is 33.3 Å². The number of rotatable bonds is 4. The highest BCUT2D eigenvalue weighted by Crippen LogP contribution is 2.22. The number of imide groups is 1. The minimum absolute atomic E-state index is 0.197. The molecule has 3 nitrogen and oxygen atoms in total. The van der Waals surface area contributed by atoms with Crippen LogP contribution in [0.3, 0.4) is 0 Å². The molecule has 1 aromatic rings. The largest absolute Gasteiger partial charge is 0.270 e. The highest BCUT2D eigenvalue weighted by atomic mass is 127. The zero-order valence-corrected chi connectivity index (χ0v) is 11.9. The molecule has 0 atom stereocenters. The fraction of sp³-hybridized carbons (Fsp3) is 0.167. The Hall–Kier alpha value is -0.820. The van der Waals surface area contributed by atoms with Gasteiger partial charge in [0.15, 0.2) is 0 Å². The first-order valence-corrected chi connectivity index (χ1v) is 8.62. The number of benzene rings is 1. The maximum Gasteiger partial charge on any atom is 0.261 e. The lowest BCUT2D eigenvalue weighted by molar-refractivity contribution is 0.0672. The Morgan fingerprint density at radius 1 is 1.12 bits per heavy atom. The van der Waals surface area contributed by atoms with E-state index in [1.54, 1.807) is 33.2 Å². The third-order valence-electron chi connectivity index (χ3n) is 2.49. The lowest BCUT2D eigenvalue weighted by Crippen LogP contribution is -2.29. The van der Waals surface area contributed by atoms with Crippen molar-refractivity contribution in [2.24, 2.45) is 0 Å². The number of halogens is 1. The Balaban J connectivity index is 2.13. The van der Waals surface area contributed by atoms with E-state index in [4.69, 9.17) is 0 Å². The van der Waals surface area contributed by atoms with Gasteiger partial charge in [-0.25, -0.2) is 0 Å². The smallest absolute Gasteiger partial charge is 0.261 e. The molecule has 5 heteroatoms. The van der Waals surface area contributed by atoms with Crippen molar-refractivity contribution in [2.75, 3.05) is 12.3 Å². The van der Waals surface area contributed by atoms with E-state index in [1.807, 2.05) is 12.2 Å². The third-order valence-corrected chi connectivity index (χ3v) is 3.89. The monoisotopic (exact) mass is 359 g/mol. The van der Waals surface area contributed by atoms with Crippen LogP contribution in [0.1, 0.15) is 20.7 Å². The van der Waals surface area contributed by atoms with Gasteiger partial charge in [-0.15, -0.1) is 0 Å². The van der Waals surface area contributed by atoms with E-state index in [1.165, 1.54) is 4.90 Å². The first-order valence-electron chi connectivity index (χ1n) is 5.09. The van der Waals surface area contributed by atoms with Crippen molar-refractivity contribution in [3.8, 4) is 0 Å². The Labute approximate surface area is 116 Å². The predicted molar refractivity (Wildman–Crippen MR) is 77.4 cm³/mol. The van der Waals surface area contributed by atoms with Crippen LogP contribution in [0.2, 0.25) is 0 Å². The van der Waals surface area contributed by atoms with Gasteiger partial charge in [-0.1, -0.05) is 33.2 Å². The van der Waals surface area contributed by atoms with E-state index in [0.717, 1.165) is 5.75 Å². The fourth-order valence-electron chi connectivity index (χ4n) is 1.69. The van der Waals surface area contributed by atoms with Gasteiger partial charge >= 0.3 is 0 Å². The molecule has 0 bridgehead atoms. The van der Waals surface area contributed by atoms with Crippen LogP contribution < -0.4 is 0 Å². The number of amides is 2. The van der Waals surface area contributed by atoms with Gasteiger partial charge in [-0.3, -0.25) is 14.5 Å². The summed E-state index contributed by atoms with van der Waals surface area (Å²) in [6.07, 6.45) is 3.81. The molecule has 0 saturated carbocycles. The van der Waals surface area contributed by atoms with Gasteiger partial charge in [0, 0.05) is 12.3 Å². The van der Waals surface area contributed by atoms with E-state index < -0.39 is 0 Å². The minimum atomic E-state index is -0.197. The molecule has 17 heavy (non-hydrogen) atoms. The number of carbonyl (C=O) groups excluding carboxylic acids is 2. The normalized spacial score (nSPS) is 14.8. The molecule has 1 aliphatic rings. The quantitative estimate of drug-likeness (QED) is 0.471. The maximum atomic E-state index is 11.9. The van der Waals surface area contributed by atoms with Crippen molar-refractivity contribution in [1.29, 1.82) is 0 Å². The second kappa shape index (κ2) is 5.68. The van der Waals surface area contributed by atoms with Crippen LogP contribution in [0.4, 0.5) is 0 Å². The molecule has 2 amide bonds. The Bertz CT molecular complexity index is 452. The van der Waals surface area contributed by atoms with Crippen molar-refractivity contribution in [1.82, 2.24) is 4.90 Å². The van der Waals surface area contributed by atoms with Crippen molar-refractivity contribution >= 4 is 42.0 Å². The highest BCUT2D eigenvalue weighted by Gasteiger charge is 2.33. The van der Waals surface area contributed by atoms with Crippen molar-refractivity contribution in [3.05, 3.63) is 47.5 Å². The summed E-state index contributed by atoms with van der Waals surface area (Å²) in [5.74, 6) is 0.485. The molecule has 0 aromatic heterocycles. The van der Waals surface area contributed by atoms with E-state index in [2.05, 4.69) is 21.2 Å². The predicted octanol–water partition coefficient (Wildman–Crippen LogP) is 2.92. The van der Waals surface area contributed by atoms with E-state index >= 15 is 0 Å². The zero-order chi connectivity index (χ0) is 12.3. The molecule has 88 valence electrons. The summed E-state index contributed by atoms with van der Waals surface area (Å²) in [6, 6.07) is 6.94. The number of nitrogens with zero attached hydrogens (tertiary/aromatic N) is 1. The van der Waals surface area contributed by atoms with Crippen LogP contribution in [-0.4, -0.2) is 29.0 Å². The highest BCUT2D eigenvalue weighted by molar-refractivity contribution is 14.2. The second-order valence-electron chi connectivity index (χ2n) is 3.51. The molecule has 2 rings (SSSR count). The van der Waals surface area contributed by atoms with E-state index in [-0.39, 0.29) is 11.8 Å². The van der Waals surface area contributed by atoms with Crippen LogP contribution in [-0.2, 0) is 0 Å². The first-order chi connectivity index (χ1) is 8.25. The summed E-state index contributed by atoms with van der Waals surface area (Å²) >= 11 is 2.20. The number of carbonyl (C=O) groups is 2. The van der Waals surface area contributed by atoms with Gasteiger partial charge in [-0.2, -0.15) is 0 Å². The minimum Gasteiger partial charge on any atom is -0.270 e. The molecule has 0 radical (unpaired) electrons. The van der Waals surface area contributed by atoms with Crippen LogP contribution in [0.25, 0.3) is 0 Å². The summed E-state index contributed by atoms with van der Waals surface area (Å²) in [5.41, 5.74) is 1.02. The second-order valence-corrected chi connectivity index (χ2v) is 5.93. The van der Waals surface area contributed by atoms with Gasteiger partial charge in [0.05, 0.1) is 11.1 Å². The topological polar surface area (TPSA) is 37.4 Å². The Kier molecular flexibility index (Phi) is 4.22. The lowest BCUT2D eigenvalue weighted by atomic mass is 10.1. The molecule has 1 aliphatic heterocycles. The average Bonchev–Trinajstić information content (AvgIpc) is 2.60. The van der Waals surface area contributed by atoms with Gasteiger partial charge in [0.25, 0.3) is 11.8 Å². The molecule has 1 heterocycles. The molecule has 0 unspecified atom stereocenters. The Morgan fingerprint density at radius 3 is 2.24 bits per heavy atom. The summed E-state index contributed by atoms with van der Waals surface area (Å²) in [7, 11) is 1.67. The van der Waals surface area contributed by atoms with Gasteiger partial charge in [0.2, 0.25) is 0 Å². The van der Waals surface area contributed by atoms with Crippen molar-refractivity contribution in [2.45, 2.75) is 0 Å². The number of hydrogen-bond donors (Lipinski definition) is 0. The number of fused-ring (bicyclic) bond motifs is 1. The fourth-order valence-corrected chi connectivity index (χ4v) is 2.52. The van der Waals surface area contributed by atoms with Crippen LogP contribution in [0.5, 0.6) is 0 Å². The Morgan fingerprint density at radius 2 is 1.71 bits per heavy atom. The van der Waals surface area contributed by atoms with Crippen molar-refractivity contribution < 1.29 is 9.59 Å². The molecule has 0 fully saturated rings. The first kappa shape index (κ1) is 12.6. The molecular formula is C12H10INO2S. The summed E-state index contributed by atoms with van der Waals surface area (Å²) in [4.78, 5) is 25.1. The molecule has 0 aliphatic carbocycles. The SMILES string of the molecule is O=C1c2ccccc2C(=O)N1C/C=C/CSI. The summed E-state index contributed by atoms with van der Waals surface area (Å²) in [6.45, 7) is 0.351. The third kappa shape index (κ3) is 2.55. The zero-order valence-electron chi connectivity index (χ0n) is 8.93. The van der Waals surface area contributed by atoms with Gasteiger partial charge < -0.3 is 0 Å². The van der Waals surface area contributed by atoms with Crippen LogP contribution in [0.15, 0.2) is 36.4 Å². The molecule has 0 saturated heterocycles. The van der Waals surface area contributed by atoms with E-state index in [9.17, 15) is 9.59 Å². The number of hydrogen-bond acceptors (Lipinski definition) is 3. The standard InChI is InChI=1S/C12H10INO2S/c13-17-8-4-3-7-14-11(15)9-5-1-2-6-10(9)12(14)16/h1-6H,7-8H2/b4-3+. The average molecular weight is 359 g/mol. The maximum absolute atomic E-state index is 11.9. The molecule has 1 aromatic carbocycles. The summed E-state index contributed by atoms with van der Waals surface area (Å²) in [5, 5.41) is 0. The lowest BCUT2D eigenvalue weighted by Gasteiger charge is -2.10. The molecular weight excluding hydrogens is 349 g/mol. The summed E-state index contributed by atoms with van der Waals surface area (Å²) < 4.78 is 0. The molecule has 0 spiro atoms.